The summed E-state index contributed by atoms with van der Waals surface area (Å²) in [5.41, 5.74) is 0. The number of esters is 1. The Bertz CT molecular complexity index is 422. The first-order valence-electron chi connectivity index (χ1n) is 4.84. The number of nitrogens with zero attached hydrogens (tertiary/aromatic N) is 1. The molecule has 0 unspecified atom stereocenters. The zero-order chi connectivity index (χ0) is 12.5. The van der Waals surface area contributed by atoms with Crippen LogP contribution in [-0.4, -0.2) is 18.3 Å². The quantitative estimate of drug-likeness (QED) is 0.255. The summed E-state index contributed by atoms with van der Waals surface area (Å²) in [6.07, 6.45) is 1.10. The van der Waals surface area contributed by atoms with E-state index in [1.54, 1.807) is 24.3 Å². The van der Waals surface area contributed by atoms with Gasteiger partial charge in [0, 0.05) is 11.8 Å². The van der Waals surface area contributed by atoms with Gasteiger partial charge in [-0.05, 0) is 36.0 Å². The Hall–Kier alpha value is -1.93. The van der Waals surface area contributed by atoms with Gasteiger partial charge >= 0.3 is 5.97 Å². The molecule has 0 aliphatic rings. The summed E-state index contributed by atoms with van der Waals surface area (Å²) in [7, 11) is 0. The SMILES string of the molecule is C=CC(=O)Oc1ccc(OCCSC#N)cc1. The van der Waals surface area contributed by atoms with E-state index in [9.17, 15) is 4.79 Å². The highest BCUT2D eigenvalue weighted by molar-refractivity contribution is 8.03. The molecule has 0 saturated heterocycles. The Kier molecular flexibility index (Phi) is 5.69. The molecule has 0 fully saturated rings. The molecule has 1 rings (SSSR count). The number of hydrogen-bond donors (Lipinski definition) is 0. The Labute approximate surface area is 104 Å². The molecule has 0 aliphatic heterocycles. The largest absolute Gasteiger partial charge is 0.493 e. The minimum Gasteiger partial charge on any atom is -0.493 e. The van der Waals surface area contributed by atoms with Gasteiger partial charge in [-0.1, -0.05) is 6.58 Å². The van der Waals surface area contributed by atoms with Crippen LogP contribution in [0.2, 0.25) is 0 Å². The van der Waals surface area contributed by atoms with Crippen LogP contribution in [-0.2, 0) is 4.79 Å². The van der Waals surface area contributed by atoms with Crippen molar-refractivity contribution in [2.45, 2.75) is 0 Å². The fourth-order valence-electron chi connectivity index (χ4n) is 1.01. The van der Waals surface area contributed by atoms with E-state index in [-0.39, 0.29) is 0 Å². The number of ether oxygens (including phenoxy) is 2. The number of thiocyanates is 1. The summed E-state index contributed by atoms with van der Waals surface area (Å²) in [6, 6.07) is 6.66. The average molecular weight is 249 g/mol. The first kappa shape index (κ1) is 13.1. The molecule has 1 aromatic rings. The predicted molar refractivity (Wildman–Crippen MR) is 65.8 cm³/mol. The molecule has 5 heteroatoms. The van der Waals surface area contributed by atoms with Crippen LogP contribution in [0, 0.1) is 10.7 Å². The van der Waals surface area contributed by atoms with Crippen LogP contribution in [0.5, 0.6) is 11.5 Å². The van der Waals surface area contributed by atoms with Gasteiger partial charge in [-0.3, -0.25) is 0 Å². The molecule has 1 aromatic carbocycles. The smallest absolute Gasteiger partial charge is 0.335 e. The molecular formula is C12H11NO3S. The minimum atomic E-state index is -0.496. The molecular weight excluding hydrogens is 238 g/mol. The lowest BCUT2D eigenvalue weighted by Gasteiger charge is -2.05. The van der Waals surface area contributed by atoms with E-state index in [0.29, 0.717) is 23.9 Å². The molecule has 0 aliphatic carbocycles. The van der Waals surface area contributed by atoms with E-state index in [1.165, 1.54) is 0 Å². The van der Waals surface area contributed by atoms with Crippen LogP contribution < -0.4 is 9.47 Å². The summed E-state index contributed by atoms with van der Waals surface area (Å²) in [4.78, 5) is 10.9. The lowest BCUT2D eigenvalue weighted by molar-refractivity contribution is -0.128. The normalized spacial score (nSPS) is 9.12. The molecule has 0 aromatic heterocycles. The number of hydrogen-bond acceptors (Lipinski definition) is 5. The molecule has 0 amide bonds. The number of thioether (sulfide) groups is 1. The van der Waals surface area contributed by atoms with Crippen molar-refractivity contribution in [1.29, 1.82) is 5.26 Å². The Morgan fingerprint density at radius 2 is 2.06 bits per heavy atom. The molecule has 0 atom stereocenters. The van der Waals surface area contributed by atoms with Crippen molar-refractivity contribution in [3.05, 3.63) is 36.9 Å². The monoisotopic (exact) mass is 249 g/mol. The topological polar surface area (TPSA) is 59.3 Å². The maximum Gasteiger partial charge on any atom is 0.335 e. The zero-order valence-corrected chi connectivity index (χ0v) is 9.90. The molecule has 0 N–H and O–H groups in total. The predicted octanol–water partition coefficient (Wildman–Crippen LogP) is 2.37. The maximum atomic E-state index is 10.9. The standard InChI is InChI=1S/C12H11NO3S/c1-2-12(14)16-11-5-3-10(4-6-11)15-7-8-17-9-13/h2-6H,1,7-8H2. The van der Waals surface area contributed by atoms with Gasteiger partial charge in [-0.15, -0.1) is 0 Å². The van der Waals surface area contributed by atoms with Crippen molar-refractivity contribution in [3.8, 4) is 16.9 Å². The van der Waals surface area contributed by atoms with Crippen LogP contribution in [0.15, 0.2) is 36.9 Å². The van der Waals surface area contributed by atoms with Crippen LogP contribution in [0.25, 0.3) is 0 Å². The fourth-order valence-corrected chi connectivity index (χ4v) is 1.27. The molecule has 0 saturated carbocycles. The van der Waals surface area contributed by atoms with Gasteiger partial charge in [-0.2, -0.15) is 5.26 Å². The molecule has 4 nitrogen and oxygen atoms in total. The zero-order valence-electron chi connectivity index (χ0n) is 9.09. The van der Waals surface area contributed by atoms with E-state index in [4.69, 9.17) is 14.7 Å². The van der Waals surface area contributed by atoms with E-state index < -0.39 is 5.97 Å². The van der Waals surface area contributed by atoms with E-state index in [1.807, 2.05) is 5.40 Å². The summed E-state index contributed by atoms with van der Waals surface area (Å²) < 4.78 is 10.3. The van der Waals surface area contributed by atoms with Crippen LogP contribution in [0.1, 0.15) is 0 Å². The summed E-state index contributed by atoms with van der Waals surface area (Å²) >= 11 is 1.14. The third kappa shape index (κ3) is 5.09. The van der Waals surface area contributed by atoms with Crippen molar-refractivity contribution in [3.63, 3.8) is 0 Å². The summed E-state index contributed by atoms with van der Waals surface area (Å²) in [5.74, 6) is 1.23. The van der Waals surface area contributed by atoms with Gasteiger partial charge in [0.25, 0.3) is 0 Å². The number of rotatable bonds is 6. The van der Waals surface area contributed by atoms with Gasteiger partial charge in [-0.25, -0.2) is 4.79 Å². The van der Waals surface area contributed by atoms with Gasteiger partial charge in [0.1, 0.15) is 16.9 Å². The molecule has 0 heterocycles. The van der Waals surface area contributed by atoms with Crippen molar-refractivity contribution < 1.29 is 14.3 Å². The molecule has 17 heavy (non-hydrogen) atoms. The summed E-state index contributed by atoms with van der Waals surface area (Å²) in [6.45, 7) is 3.77. The second kappa shape index (κ2) is 7.36. The summed E-state index contributed by atoms with van der Waals surface area (Å²) in [5, 5.41) is 10.3. The Balaban J connectivity index is 2.42. The highest BCUT2D eigenvalue weighted by atomic mass is 32.2. The van der Waals surface area contributed by atoms with Crippen molar-refractivity contribution in [1.82, 2.24) is 0 Å². The fraction of sp³-hybridized carbons (Fsp3) is 0.167. The van der Waals surface area contributed by atoms with E-state index in [0.717, 1.165) is 17.8 Å². The number of carbonyl (C=O) groups excluding carboxylic acids is 1. The van der Waals surface area contributed by atoms with Crippen LogP contribution in [0.3, 0.4) is 0 Å². The first-order chi connectivity index (χ1) is 8.26. The number of benzene rings is 1. The number of carbonyl (C=O) groups is 1. The van der Waals surface area contributed by atoms with E-state index in [2.05, 4.69) is 6.58 Å². The Morgan fingerprint density at radius 3 is 2.65 bits per heavy atom. The Morgan fingerprint density at radius 1 is 1.41 bits per heavy atom. The maximum absolute atomic E-state index is 10.9. The highest BCUT2D eigenvalue weighted by Gasteiger charge is 2.00. The van der Waals surface area contributed by atoms with Crippen molar-refractivity contribution in [2.24, 2.45) is 0 Å². The van der Waals surface area contributed by atoms with Crippen LogP contribution in [0.4, 0.5) is 0 Å². The van der Waals surface area contributed by atoms with E-state index >= 15 is 0 Å². The molecule has 88 valence electrons. The van der Waals surface area contributed by atoms with Crippen molar-refractivity contribution >= 4 is 17.7 Å². The third-order valence-electron chi connectivity index (χ3n) is 1.73. The molecule has 0 radical (unpaired) electrons. The average Bonchev–Trinajstić information content (AvgIpc) is 2.36. The van der Waals surface area contributed by atoms with Crippen molar-refractivity contribution in [2.75, 3.05) is 12.4 Å². The second-order valence-electron chi connectivity index (χ2n) is 2.88. The lowest BCUT2D eigenvalue weighted by atomic mass is 10.3. The van der Waals surface area contributed by atoms with Gasteiger partial charge < -0.3 is 9.47 Å². The third-order valence-corrected chi connectivity index (χ3v) is 2.23. The number of nitriles is 1. The van der Waals surface area contributed by atoms with Crippen LogP contribution >= 0.6 is 11.8 Å². The molecule has 0 spiro atoms. The van der Waals surface area contributed by atoms with Gasteiger partial charge in [0.2, 0.25) is 0 Å². The minimum absolute atomic E-state index is 0.439. The highest BCUT2D eigenvalue weighted by Crippen LogP contribution is 2.17. The lowest BCUT2D eigenvalue weighted by Crippen LogP contribution is -2.03. The first-order valence-corrected chi connectivity index (χ1v) is 5.83. The second-order valence-corrected chi connectivity index (χ2v) is 3.76. The molecule has 0 bridgehead atoms. The van der Waals surface area contributed by atoms with Gasteiger partial charge in [0.05, 0.1) is 6.61 Å². The van der Waals surface area contributed by atoms with Gasteiger partial charge in [0.15, 0.2) is 0 Å².